The molecule has 9 heteroatoms. The number of nitrogens with one attached hydrogen (secondary N) is 1. The Morgan fingerprint density at radius 1 is 1.10 bits per heavy atom. The molecule has 3 amide bonds. The summed E-state index contributed by atoms with van der Waals surface area (Å²) in [4.78, 5) is 49.7. The molecule has 0 saturated carbocycles. The van der Waals surface area contributed by atoms with E-state index in [1.807, 2.05) is 0 Å². The number of hydrogen-bond acceptors (Lipinski definition) is 7. The maximum absolute atomic E-state index is 12.6. The highest BCUT2D eigenvalue weighted by molar-refractivity contribution is 8.18. The lowest BCUT2D eigenvalue weighted by Gasteiger charge is -2.12. The largest absolute Gasteiger partial charge is 0.497 e. The molecule has 0 bridgehead atoms. The number of imide groups is 1. The average molecular weight is 436 g/mol. The number of carbonyl (C=O) groups excluding carboxylic acids is 3. The van der Waals surface area contributed by atoms with E-state index in [0.717, 1.165) is 22.2 Å². The second-order valence-electron chi connectivity index (χ2n) is 6.60. The number of benzene rings is 2. The Morgan fingerprint density at radius 2 is 1.87 bits per heavy atom. The van der Waals surface area contributed by atoms with Crippen LogP contribution in [0, 0.1) is 0 Å². The van der Waals surface area contributed by atoms with Gasteiger partial charge in [-0.15, -0.1) is 0 Å². The molecule has 0 radical (unpaired) electrons. The van der Waals surface area contributed by atoms with Crippen molar-refractivity contribution in [2.24, 2.45) is 0 Å². The van der Waals surface area contributed by atoms with Crippen molar-refractivity contribution < 1.29 is 23.5 Å². The van der Waals surface area contributed by atoms with Crippen LogP contribution in [-0.4, -0.2) is 35.6 Å². The first-order valence-corrected chi connectivity index (χ1v) is 9.98. The summed E-state index contributed by atoms with van der Waals surface area (Å²) in [6.45, 7) is -0.410. The summed E-state index contributed by atoms with van der Waals surface area (Å²) >= 11 is 0.783. The molecular formula is C22H16N2O6S. The Bertz CT molecular complexity index is 1280. The van der Waals surface area contributed by atoms with Crippen molar-refractivity contribution >= 4 is 51.5 Å². The van der Waals surface area contributed by atoms with Crippen LogP contribution in [0.4, 0.5) is 10.5 Å². The quantitative estimate of drug-likeness (QED) is 0.482. The first-order chi connectivity index (χ1) is 14.9. The number of thioether (sulfide) groups is 1. The van der Waals surface area contributed by atoms with Crippen LogP contribution in [0.25, 0.3) is 17.0 Å². The molecule has 1 saturated heterocycles. The first kappa shape index (κ1) is 20.4. The molecule has 1 aliphatic rings. The maximum atomic E-state index is 12.6. The standard InChI is InChI=1S/C22H16N2O6S/c1-29-16-6-2-13(3-7-16)10-18-21(27)24(22(28)31-18)12-19(25)23-15-5-8-17-14(11-15)4-9-20(26)30-17/h2-11H,12H2,1H3,(H,23,25)/b18-10-. The van der Waals surface area contributed by atoms with E-state index in [1.54, 1.807) is 61.7 Å². The topological polar surface area (TPSA) is 106 Å². The minimum atomic E-state index is -0.527. The number of methoxy groups -OCH3 is 1. The molecular weight excluding hydrogens is 420 g/mol. The van der Waals surface area contributed by atoms with Crippen LogP contribution in [-0.2, 0) is 9.59 Å². The zero-order valence-corrected chi connectivity index (χ0v) is 17.1. The Morgan fingerprint density at radius 3 is 2.61 bits per heavy atom. The Kier molecular flexibility index (Phi) is 5.59. The van der Waals surface area contributed by atoms with Gasteiger partial charge in [0.2, 0.25) is 5.91 Å². The van der Waals surface area contributed by atoms with E-state index < -0.39 is 29.2 Å². The maximum Gasteiger partial charge on any atom is 0.336 e. The van der Waals surface area contributed by atoms with Crippen molar-refractivity contribution in [3.63, 3.8) is 0 Å². The summed E-state index contributed by atoms with van der Waals surface area (Å²) in [6, 6.07) is 14.7. The highest BCUT2D eigenvalue weighted by Gasteiger charge is 2.36. The zero-order chi connectivity index (χ0) is 22.0. The lowest BCUT2D eigenvalue weighted by molar-refractivity contribution is -0.127. The molecule has 0 unspecified atom stereocenters. The number of anilines is 1. The number of amides is 3. The van der Waals surface area contributed by atoms with Gasteiger partial charge in [-0.05, 0) is 59.8 Å². The van der Waals surface area contributed by atoms with Crippen LogP contribution in [0.5, 0.6) is 5.75 Å². The molecule has 1 fully saturated rings. The fourth-order valence-corrected chi connectivity index (χ4v) is 3.82. The fraction of sp³-hybridized carbons (Fsp3) is 0.0909. The molecule has 8 nitrogen and oxygen atoms in total. The average Bonchev–Trinajstić information content (AvgIpc) is 3.01. The Labute approximate surface area is 180 Å². The molecule has 4 rings (SSSR count). The van der Waals surface area contributed by atoms with Gasteiger partial charge >= 0.3 is 5.63 Å². The van der Waals surface area contributed by atoms with E-state index in [-0.39, 0.29) is 4.91 Å². The van der Waals surface area contributed by atoms with Crippen LogP contribution in [0.2, 0.25) is 0 Å². The van der Waals surface area contributed by atoms with Gasteiger partial charge in [0, 0.05) is 17.1 Å². The van der Waals surface area contributed by atoms with E-state index in [2.05, 4.69) is 5.32 Å². The van der Waals surface area contributed by atoms with Gasteiger partial charge in [-0.25, -0.2) is 4.79 Å². The minimum Gasteiger partial charge on any atom is -0.497 e. The highest BCUT2D eigenvalue weighted by atomic mass is 32.2. The molecule has 3 aromatic rings. The normalized spacial score (nSPS) is 15.0. The summed E-state index contributed by atoms with van der Waals surface area (Å²) in [5, 5.41) is 2.76. The predicted octanol–water partition coefficient (Wildman–Crippen LogP) is 3.48. The van der Waals surface area contributed by atoms with Crippen LogP contribution in [0.15, 0.2) is 68.7 Å². The SMILES string of the molecule is COc1ccc(/C=C2\SC(=O)N(CC(=O)Nc3ccc4oc(=O)ccc4c3)C2=O)cc1. The zero-order valence-electron chi connectivity index (χ0n) is 16.3. The number of rotatable bonds is 5. The molecule has 31 heavy (non-hydrogen) atoms. The van der Waals surface area contributed by atoms with Crippen LogP contribution in [0.3, 0.4) is 0 Å². The predicted molar refractivity (Wildman–Crippen MR) is 117 cm³/mol. The van der Waals surface area contributed by atoms with Gasteiger partial charge in [0.1, 0.15) is 17.9 Å². The molecule has 1 N–H and O–H groups in total. The third kappa shape index (κ3) is 4.51. The third-order valence-corrected chi connectivity index (χ3v) is 5.40. The van der Waals surface area contributed by atoms with Gasteiger partial charge in [0.25, 0.3) is 11.1 Å². The van der Waals surface area contributed by atoms with Crippen LogP contribution >= 0.6 is 11.8 Å². The van der Waals surface area contributed by atoms with Crippen molar-refractivity contribution in [2.75, 3.05) is 19.0 Å². The van der Waals surface area contributed by atoms with Crippen LogP contribution in [0.1, 0.15) is 5.56 Å². The van der Waals surface area contributed by atoms with E-state index in [9.17, 15) is 19.2 Å². The Hall–Kier alpha value is -3.85. The molecule has 156 valence electrons. The van der Waals surface area contributed by atoms with Crippen molar-refractivity contribution in [3.05, 3.63) is 75.5 Å². The van der Waals surface area contributed by atoms with Crippen molar-refractivity contribution in [1.82, 2.24) is 4.90 Å². The van der Waals surface area contributed by atoms with Gasteiger partial charge in [-0.1, -0.05) is 12.1 Å². The summed E-state index contributed by atoms with van der Waals surface area (Å²) in [5.74, 6) is -0.372. The van der Waals surface area contributed by atoms with Crippen molar-refractivity contribution in [2.45, 2.75) is 0 Å². The van der Waals surface area contributed by atoms with E-state index in [1.165, 1.54) is 6.07 Å². The second-order valence-corrected chi connectivity index (χ2v) is 7.59. The fourth-order valence-electron chi connectivity index (χ4n) is 2.98. The lowest BCUT2D eigenvalue weighted by Crippen LogP contribution is -2.36. The number of nitrogens with zero attached hydrogens (tertiary/aromatic N) is 1. The van der Waals surface area contributed by atoms with Gasteiger partial charge < -0.3 is 14.5 Å². The van der Waals surface area contributed by atoms with Crippen molar-refractivity contribution in [1.29, 1.82) is 0 Å². The number of fused-ring (bicyclic) bond motifs is 1. The number of hydrogen-bond donors (Lipinski definition) is 1. The van der Waals surface area contributed by atoms with Gasteiger partial charge in [0.15, 0.2) is 0 Å². The Balaban J connectivity index is 1.44. The van der Waals surface area contributed by atoms with Gasteiger partial charge in [-0.3, -0.25) is 19.3 Å². The minimum absolute atomic E-state index is 0.240. The van der Waals surface area contributed by atoms with Gasteiger partial charge in [0.05, 0.1) is 12.0 Å². The third-order valence-electron chi connectivity index (χ3n) is 4.49. The molecule has 0 spiro atoms. The smallest absolute Gasteiger partial charge is 0.336 e. The number of carbonyl (C=O) groups is 3. The highest BCUT2D eigenvalue weighted by Crippen LogP contribution is 2.32. The summed E-state index contributed by atoms with van der Waals surface area (Å²) in [6.07, 6.45) is 1.60. The summed E-state index contributed by atoms with van der Waals surface area (Å²) in [5.41, 5.74) is 1.11. The first-order valence-electron chi connectivity index (χ1n) is 9.16. The van der Waals surface area contributed by atoms with E-state index >= 15 is 0 Å². The monoisotopic (exact) mass is 436 g/mol. The lowest BCUT2D eigenvalue weighted by atomic mass is 10.2. The summed E-state index contributed by atoms with van der Waals surface area (Å²) in [7, 11) is 1.56. The van der Waals surface area contributed by atoms with Gasteiger partial charge in [-0.2, -0.15) is 0 Å². The molecule has 1 aliphatic heterocycles. The molecule has 2 aromatic carbocycles. The molecule has 0 aliphatic carbocycles. The van der Waals surface area contributed by atoms with Crippen molar-refractivity contribution in [3.8, 4) is 5.75 Å². The molecule has 0 atom stereocenters. The molecule has 1 aromatic heterocycles. The molecule has 2 heterocycles. The van der Waals surface area contributed by atoms with Crippen LogP contribution < -0.4 is 15.7 Å². The number of ether oxygens (including phenoxy) is 1. The van der Waals surface area contributed by atoms with E-state index in [4.69, 9.17) is 9.15 Å². The summed E-state index contributed by atoms with van der Waals surface area (Å²) < 4.78 is 10.1. The second kappa shape index (κ2) is 8.49. The van der Waals surface area contributed by atoms with E-state index in [0.29, 0.717) is 22.4 Å².